The Balaban J connectivity index is 2.34. The van der Waals surface area contributed by atoms with E-state index < -0.39 is 40.7 Å². The summed E-state index contributed by atoms with van der Waals surface area (Å²) in [6.07, 6.45) is -0.104. The minimum Gasteiger partial charge on any atom is -0.271 e. The molecule has 3 N–H and O–H groups in total. The quantitative estimate of drug-likeness (QED) is 0.517. The van der Waals surface area contributed by atoms with E-state index >= 15 is 0 Å². The van der Waals surface area contributed by atoms with Crippen molar-refractivity contribution in [2.75, 3.05) is 0 Å². The smallest absolute Gasteiger partial charge is 0.159 e. The summed E-state index contributed by atoms with van der Waals surface area (Å²) >= 11 is 0. The van der Waals surface area contributed by atoms with Crippen LogP contribution in [0.1, 0.15) is 17.2 Å². The molecule has 0 saturated carbocycles. The molecule has 0 aliphatic carbocycles. The molecule has 0 aliphatic rings. The second kappa shape index (κ2) is 6.19. The normalized spacial score (nSPS) is 12.5. The number of rotatable bonds is 4. The molecule has 0 saturated heterocycles. The number of hydrogen-bond donors (Lipinski definition) is 2. The second-order valence-corrected chi connectivity index (χ2v) is 4.45. The van der Waals surface area contributed by atoms with Crippen LogP contribution in [-0.2, 0) is 6.42 Å². The van der Waals surface area contributed by atoms with Crippen LogP contribution in [0.25, 0.3) is 0 Å². The first-order valence-corrected chi connectivity index (χ1v) is 5.97. The molecule has 1 unspecified atom stereocenters. The van der Waals surface area contributed by atoms with Gasteiger partial charge < -0.3 is 0 Å². The number of hydrogen-bond acceptors (Lipinski definition) is 2. The predicted molar refractivity (Wildman–Crippen MR) is 66.4 cm³/mol. The molecule has 112 valence electrons. The fourth-order valence-electron chi connectivity index (χ4n) is 2.03. The zero-order valence-electron chi connectivity index (χ0n) is 10.6. The first-order chi connectivity index (χ1) is 9.92. The molecule has 2 nitrogen and oxygen atoms in total. The highest BCUT2D eigenvalue weighted by Gasteiger charge is 2.21. The zero-order valence-corrected chi connectivity index (χ0v) is 10.6. The summed E-state index contributed by atoms with van der Waals surface area (Å²) in [6.45, 7) is 0. The predicted octanol–water partition coefficient (Wildman–Crippen LogP) is 3.13. The molecule has 0 heterocycles. The summed E-state index contributed by atoms with van der Waals surface area (Å²) in [5, 5.41) is 0. The Morgan fingerprint density at radius 3 is 2.00 bits per heavy atom. The van der Waals surface area contributed by atoms with Crippen LogP contribution in [0.3, 0.4) is 0 Å². The van der Waals surface area contributed by atoms with E-state index in [1.54, 1.807) is 0 Å². The second-order valence-electron chi connectivity index (χ2n) is 4.45. The summed E-state index contributed by atoms with van der Waals surface area (Å²) in [6, 6.07) is 3.05. The lowest BCUT2D eigenvalue weighted by molar-refractivity contribution is 0.459. The van der Waals surface area contributed by atoms with Crippen molar-refractivity contribution in [2.45, 2.75) is 12.5 Å². The van der Waals surface area contributed by atoms with E-state index in [4.69, 9.17) is 5.84 Å². The average molecular weight is 302 g/mol. The van der Waals surface area contributed by atoms with Crippen molar-refractivity contribution in [1.82, 2.24) is 5.43 Å². The minimum atomic E-state index is -1.11. The molecule has 2 aromatic carbocycles. The lowest BCUT2D eigenvalue weighted by Crippen LogP contribution is -2.31. The van der Waals surface area contributed by atoms with Crippen LogP contribution < -0.4 is 11.3 Å². The van der Waals surface area contributed by atoms with E-state index in [9.17, 15) is 22.0 Å². The lowest BCUT2D eigenvalue weighted by atomic mass is 9.98. The Morgan fingerprint density at radius 2 is 1.48 bits per heavy atom. The van der Waals surface area contributed by atoms with Crippen molar-refractivity contribution in [3.8, 4) is 0 Å². The molecule has 0 fully saturated rings. The van der Waals surface area contributed by atoms with E-state index in [2.05, 4.69) is 5.43 Å². The third kappa shape index (κ3) is 3.37. The van der Waals surface area contributed by atoms with Gasteiger partial charge in [0, 0.05) is 17.7 Å². The van der Waals surface area contributed by atoms with Crippen molar-refractivity contribution in [3.05, 3.63) is 70.5 Å². The van der Waals surface area contributed by atoms with Crippen molar-refractivity contribution in [2.24, 2.45) is 5.84 Å². The lowest BCUT2D eigenvalue weighted by Gasteiger charge is -2.18. The Bertz CT molecular complexity index is 637. The number of halogens is 5. The summed E-state index contributed by atoms with van der Waals surface area (Å²) in [4.78, 5) is 0. The van der Waals surface area contributed by atoms with E-state index in [-0.39, 0.29) is 12.0 Å². The molecule has 21 heavy (non-hydrogen) atoms. The van der Waals surface area contributed by atoms with Gasteiger partial charge in [0.1, 0.15) is 17.5 Å². The van der Waals surface area contributed by atoms with E-state index in [1.165, 1.54) is 6.07 Å². The van der Waals surface area contributed by atoms with Gasteiger partial charge in [0.15, 0.2) is 11.6 Å². The first kappa shape index (κ1) is 15.4. The molecule has 0 bridgehead atoms. The molecule has 0 amide bonds. The molecule has 1 atom stereocenters. The Kier molecular flexibility index (Phi) is 4.54. The van der Waals surface area contributed by atoms with Crippen molar-refractivity contribution in [3.63, 3.8) is 0 Å². The largest absolute Gasteiger partial charge is 0.271 e. The molecule has 0 aliphatic heterocycles. The number of benzene rings is 2. The summed E-state index contributed by atoms with van der Waals surface area (Å²) in [7, 11) is 0. The molecular formula is C14H11F5N2. The van der Waals surface area contributed by atoms with Crippen molar-refractivity contribution < 1.29 is 22.0 Å². The molecule has 2 aromatic rings. The third-order valence-corrected chi connectivity index (χ3v) is 3.02. The molecule has 0 aromatic heterocycles. The molecular weight excluding hydrogens is 291 g/mol. The van der Waals surface area contributed by atoms with Gasteiger partial charge in [0.05, 0.1) is 6.04 Å². The standard InChI is InChI=1S/C14H11F5N2/c15-8-5-11(18)14(12(19)6-8)13(21-20)4-7-1-2-9(16)10(17)3-7/h1-3,5-6,13,21H,4,20H2. The topological polar surface area (TPSA) is 38.0 Å². The number of hydrazine groups is 1. The monoisotopic (exact) mass is 302 g/mol. The van der Waals surface area contributed by atoms with E-state index in [0.717, 1.165) is 12.1 Å². The maximum absolute atomic E-state index is 13.7. The SMILES string of the molecule is NNC(Cc1ccc(F)c(F)c1)c1c(F)cc(F)cc1F. The number of nitrogens with one attached hydrogen (secondary N) is 1. The highest BCUT2D eigenvalue weighted by Crippen LogP contribution is 2.25. The minimum absolute atomic E-state index is 0.104. The highest BCUT2D eigenvalue weighted by atomic mass is 19.2. The van der Waals surface area contributed by atoms with Gasteiger partial charge in [-0.15, -0.1) is 0 Å². The van der Waals surface area contributed by atoms with Crippen LogP contribution in [0.2, 0.25) is 0 Å². The van der Waals surface area contributed by atoms with Gasteiger partial charge in [-0.2, -0.15) is 0 Å². The molecule has 7 heteroatoms. The van der Waals surface area contributed by atoms with Gasteiger partial charge in [-0.05, 0) is 24.1 Å². The van der Waals surface area contributed by atoms with Gasteiger partial charge in [-0.1, -0.05) is 6.07 Å². The molecule has 0 spiro atoms. The van der Waals surface area contributed by atoms with Crippen LogP contribution >= 0.6 is 0 Å². The fourth-order valence-corrected chi connectivity index (χ4v) is 2.03. The van der Waals surface area contributed by atoms with E-state index in [1.807, 2.05) is 0 Å². The van der Waals surface area contributed by atoms with Gasteiger partial charge in [-0.3, -0.25) is 11.3 Å². The Labute approximate surface area is 117 Å². The van der Waals surface area contributed by atoms with Gasteiger partial charge >= 0.3 is 0 Å². The average Bonchev–Trinajstić information content (AvgIpc) is 2.40. The van der Waals surface area contributed by atoms with Gasteiger partial charge in [-0.25, -0.2) is 22.0 Å². The number of nitrogens with two attached hydrogens (primary N) is 1. The highest BCUT2D eigenvalue weighted by molar-refractivity contribution is 5.27. The summed E-state index contributed by atoms with van der Waals surface area (Å²) in [5.41, 5.74) is 1.99. The van der Waals surface area contributed by atoms with Crippen LogP contribution in [-0.4, -0.2) is 0 Å². The third-order valence-electron chi connectivity index (χ3n) is 3.02. The van der Waals surface area contributed by atoms with Crippen LogP contribution in [0.5, 0.6) is 0 Å². The maximum atomic E-state index is 13.7. The van der Waals surface area contributed by atoms with Gasteiger partial charge in [0.2, 0.25) is 0 Å². The molecule has 2 rings (SSSR count). The first-order valence-electron chi connectivity index (χ1n) is 5.97. The van der Waals surface area contributed by atoms with Gasteiger partial charge in [0.25, 0.3) is 0 Å². The van der Waals surface area contributed by atoms with Crippen molar-refractivity contribution >= 4 is 0 Å². The fraction of sp³-hybridized carbons (Fsp3) is 0.143. The van der Waals surface area contributed by atoms with Crippen molar-refractivity contribution in [1.29, 1.82) is 0 Å². The maximum Gasteiger partial charge on any atom is 0.159 e. The van der Waals surface area contributed by atoms with E-state index in [0.29, 0.717) is 12.1 Å². The summed E-state index contributed by atoms with van der Waals surface area (Å²) in [5.74, 6) is -0.145. The van der Waals surface area contributed by atoms with Crippen LogP contribution in [0.15, 0.2) is 30.3 Å². The Hall–Kier alpha value is -1.99. The van der Waals surface area contributed by atoms with Crippen LogP contribution in [0.4, 0.5) is 22.0 Å². The molecule has 0 radical (unpaired) electrons. The zero-order chi connectivity index (χ0) is 15.6. The van der Waals surface area contributed by atoms with Crippen LogP contribution in [0, 0.1) is 29.1 Å². The summed E-state index contributed by atoms with van der Waals surface area (Å²) < 4.78 is 66.2. The Morgan fingerprint density at radius 1 is 0.857 bits per heavy atom.